The Labute approximate surface area is 244 Å². The van der Waals surface area contributed by atoms with Gasteiger partial charge in [-0.15, -0.1) is 0 Å². The van der Waals surface area contributed by atoms with E-state index in [-0.39, 0.29) is 31.1 Å². The molecule has 3 aromatic rings. The molecule has 1 aromatic heterocycles. The van der Waals surface area contributed by atoms with Gasteiger partial charge in [-0.2, -0.15) is 4.73 Å². The van der Waals surface area contributed by atoms with Gasteiger partial charge in [0.1, 0.15) is 0 Å². The number of aliphatic carboxylic acids is 1. The van der Waals surface area contributed by atoms with Crippen molar-refractivity contribution in [3.05, 3.63) is 94.8 Å². The Kier molecular flexibility index (Phi) is 11.6. The third kappa shape index (κ3) is 9.57. The van der Waals surface area contributed by atoms with Crippen molar-refractivity contribution in [3.8, 4) is 0 Å². The van der Waals surface area contributed by atoms with Crippen molar-refractivity contribution in [2.75, 3.05) is 11.1 Å². The third-order valence-electron chi connectivity index (χ3n) is 6.83. The van der Waals surface area contributed by atoms with E-state index >= 15 is 0 Å². The first-order valence-electron chi connectivity index (χ1n) is 13.8. The van der Waals surface area contributed by atoms with Crippen molar-refractivity contribution < 1.29 is 34.0 Å². The van der Waals surface area contributed by atoms with Gasteiger partial charge in [0.25, 0.3) is 5.03 Å². The molecule has 0 radical (unpaired) electrons. The molecule has 0 bridgehead atoms. The number of pyridine rings is 1. The number of benzene rings is 2. The van der Waals surface area contributed by atoms with Crippen LogP contribution in [0, 0.1) is 5.21 Å². The number of thioether (sulfide) groups is 1. The Morgan fingerprint density at radius 1 is 0.927 bits per heavy atom. The first-order valence-corrected chi connectivity index (χ1v) is 14.8. The van der Waals surface area contributed by atoms with Crippen molar-refractivity contribution in [1.29, 1.82) is 0 Å². The number of ether oxygens (including phenoxy) is 2. The van der Waals surface area contributed by atoms with Crippen molar-refractivity contribution >= 4 is 29.3 Å². The molecule has 4 rings (SSSR count). The van der Waals surface area contributed by atoms with E-state index in [4.69, 9.17) is 14.6 Å². The average molecular weight is 581 g/mol. The number of amides is 1. The normalized spacial score (nSPS) is 18.6. The zero-order valence-electron chi connectivity index (χ0n) is 22.8. The van der Waals surface area contributed by atoms with Crippen LogP contribution in [0.2, 0.25) is 0 Å². The molecule has 1 amide bonds. The highest BCUT2D eigenvalue weighted by Crippen LogP contribution is 2.39. The molecule has 9 nitrogen and oxygen atoms in total. The number of nitrogens with one attached hydrogen (secondary N) is 1. The smallest absolute Gasteiger partial charge is 0.303 e. The van der Waals surface area contributed by atoms with Crippen LogP contribution in [-0.4, -0.2) is 33.9 Å². The molecule has 0 unspecified atom stereocenters. The molecule has 218 valence electrons. The standard InChI is InChI=1S/C31H36N2O7S/c34-20-22-10-12-23(13-11-22)27-19-26(21-41-29-8-5-6-18-33(29)38)39-31(40-27)24-14-16-25(17-15-24)32-28(35)7-3-1-2-4-9-30(36)37/h5-6,8,10-18,26-27,31,34H,1-4,7,9,19-21H2,(H,32,35)(H,36,37)/t26-,27+,31+/m1/s1. The second-order valence-corrected chi connectivity index (χ2v) is 11.0. The fraction of sp³-hybridized carbons (Fsp3) is 0.387. The lowest BCUT2D eigenvalue weighted by molar-refractivity contribution is -0.645. The third-order valence-corrected chi connectivity index (χ3v) is 7.98. The number of hydrogen-bond donors (Lipinski definition) is 3. The highest BCUT2D eigenvalue weighted by Gasteiger charge is 2.32. The quantitative estimate of drug-likeness (QED) is 0.0984. The van der Waals surface area contributed by atoms with E-state index in [2.05, 4.69) is 5.32 Å². The van der Waals surface area contributed by atoms with E-state index in [9.17, 15) is 19.9 Å². The zero-order chi connectivity index (χ0) is 29.0. The Hall–Kier alpha value is -3.44. The van der Waals surface area contributed by atoms with Gasteiger partial charge in [-0.05, 0) is 42.2 Å². The molecule has 1 saturated heterocycles. The number of carbonyl (C=O) groups excluding carboxylic acids is 1. The van der Waals surface area contributed by atoms with E-state index < -0.39 is 12.3 Å². The number of hydrogen-bond acceptors (Lipinski definition) is 7. The predicted molar refractivity (Wildman–Crippen MR) is 155 cm³/mol. The van der Waals surface area contributed by atoms with E-state index in [0.29, 0.717) is 42.1 Å². The Bertz CT molecular complexity index is 1270. The summed E-state index contributed by atoms with van der Waals surface area (Å²) in [6.45, 7) is -0.0290. The fourth-order valence-electron chi connectivity index (χ4n) is 4.59. The van der Waals surface area contributed by atoms with E-state index in [1.165, 1.54) is 18.0 Å². The minimum absolute atomic E-state index is 0.0290. The predicted octanol–water partition coefficient (Wildman–Crippen LogP) is 5.51. The summed E-state index contributed by atoms with van der Waals surface area (Å²) >= 11 is 1.44. The number of rotatable bonds is 14. The Morgan fingerprint density at radius 2 is 1.63 bits per heavy atom. The van der Waals surface area contributed by atoms with Crippen LogP contribution in [0.3, 0.4) is 0 Å². The van der Waals surface area contributed by atoms with Crippen LogP contribution in [0.15, 0.2) is 78.0 Å². The molecule has 2 aromatic carbocycles. The number of unbranched alkanes of at least 4 members (excludes halogenated alkanes) is 3. The maximum absolute atomic E-state index is 12.3. The summed E-state index contributed by atoms with van der Waals surface area (Å²) in [7, 11) is 0. The van der Waals surface area contributed by atoms with E-state index in [1.807, 2.05) is 54.6 Å². The number of aliphatic hydroxyl groups is 1. The summed E-state index contributed by atoms with van der Waals surface area (Å²) in [6.07, 6.45) is 4.52. The second kappa shape index (κ2) is 15.5. The summed E-state index contributed by atoms with van der Waals surface area (Å²) < 4.78 is 13.6. The molecule has 1 fully saturated rings. The number of nitrogens with zero attached hydrogens (tertiary/aromatic N) is 1. The van der Waals surface area contributed by atoms with Crippen LogP contribution in [0.4, 0.5) is 5.69 Å². The topological polar surface area (TPSA) is 132 Å². The van der Waals surface area contributed by atoms with Crippen molar-refractivity contribution in [3.63, 3.8) is 0 Å². The molecule has 1 aliphatic rings. The first kappa shape index (κ1) is 30.5. The van der Waals surface area contributed by atoms with Gasteiger partial charge in [0.2, 0.25) is 5.91 Å². The van der Waals surface area contributed by atoms with Gasteiger partial charge in [0.15, 0.2) is 12.5 Å². The molecular formula is C31H36N2O7S. The lowest BCUT2D eigenvalue weighted by Crippen LogP contribution is -2.32. The molecule has 1 aliphatic heterocycles. The van der Waals surface area contributed by atoms with Crippen molar-refractivity contribution in [2.24, 2.45) is 0 Å². The van der Waals surface area contributed by atoms with Gasteiger partial charge in [-0.25, -0.2) is 0 Å². The Morgan fingerprint density at radius 3 is 2.32 bits per heavy atom. The maximum atomic E-state index is 12.3. The molecule has 0 saturated carbocycles. The van der Waals surface area contributed by atoms with Crippen LogP contribution >= 0.6 is 11.8 Å². The van der Waals surface area contributed by atoms with Gasteiger partial charge in [0.05, 0.1) is 18.8 Å². The number of aliphatic hydroxyl groups excluding tert-OH is 1. The van der Waals surface area contributed by atoms with Gasteiger partial charge in [-0.3, -0.25) is 9.59 Å². The lowest BCUT2D eigenvalue weighted by Gasteiger charge is -2.36. The van der Waals surface area contributed by atoms with Crippen LogP contribution in [0.25, 0.3) is 0 Å². The molecular weight excluding hydrogens is 544 g/mol. The van der Waals surface area contributed by atoms with Crippen LogP contribution in [0.1, 0.15) is 74.0 Å². The molecule has 3 atom stereocenters. The summed E-state index contributed by atoms with van der Waals surface area (Å²) in [5.74, 6) is -0.302. The highest BCUT2D eigenvalue weighted by atomic mass is 32.2. The number of anilines is 1. The minimum atomic E-state index is -0.791. The summed E-state index contributed by atoms with van der Waals surface area (Å²) in [5, 5.41) is 33.7. The van der Waals surface area contributed by atoms with Crippen LogP contribution in [0.5, 0.6) is 0 Å². The van der Waals surface area contributed by atoms with E-state index in [0.717, 1.165) is 34.3 Å². The number of carbonyl (C=O) groups is 2. The summed E-state index contributed by atoms with van der Waals surface area (Å²) in [6, 6.07) is 20.4. The summed E-state index contributed by atoms with van der Waals surface area (Å²) in [4.78, 5) is 22.9. The maximum Gasteiger partial charge on any atom is 0.303 e. The van der Waals surface area contributed by atoms with Crippen LogP contribution < -0.4 is 10.0 Å². The SMILES string of the molecule is O=C(O)CCCCCCC(=O)Nc1ccc([C@H]2O[C@@H](CSc3cccc[n+]3[O-])C[C@@H](c3ccc(CO)cc3)O2)cc1. The average Bonchev–Trinajstić information content (AvgIpc) is 2.98. The number of carboxylic acids is 1. The van der Waals surface area contributed by atoms with Gasteiger partial charge >= 0.3 is 5.97 Å². The van der Waals surface area contributed by atoms with E-state index in [1.54, 1.807) is 12.1 Å². The molecule has 0 aliphatic carbocycles. The fourth-order valence-corrected chi connectivity index (χ4v) is 5.52. The van der Waals surface area contributed by atoms with Crippen molar-refractivity contribution in [1.82, 2.24) is 0 Å². The van der Waals surface area contributed by atoms with Gasteiger partial charge in [-0.1, -0.05) is 61.0 Å². The zero-order valence-corrected chi connectivity index (χ0v) is 23.6. The summed E-state index contributed by atoms with van der Waals surface area (Å²) in [5.41, 5.74) is 3.29. The molecule has 2 heterocycles. The first-order chi connectivity index (χ1) is 19.9. The molecule has 0 spiro atoms. The molecule has 3 N–H and O–H groups in total. The molecule has 41 heavy (non-hydrogen) atoms. The molecule has 10 heteroatoms. The number of aromatic nitrogens is 1. The van der Waals surface area contributed by atoms with Crippen LogP contribution in [-0.2, 0) is 25.7 Å². The number of carboxylic acid groups (broad SMARTS) is 1. The highest BCUT2D eigenvalue weighted by molar-refractivity contribution is 7.99. The van der Waals surface area contributed by atoms with Gasteiger partial charge < -0.3 is 30.2 Å². The minimum Gasteiger partial charge on any atom is -0.618 e. The van der Waals surface area contributed by atoms with Crippen molar-refractivity contribution in [2.45, 2.75) is 75.1 Å². The largest absolute Gasteiger partial charge is 0.618 e. The second-order valence-electron chi connectivity index (χ2n) is 10.0. The van der Waals surface area contributed by atoms with Gasteiger partial charge in [0, 0.05) is 48.4 Å². The monoisotopic (exact) mass is 580 g/mol. The lowest BCUT2D eigenvalue weighted by atomic mass is 10.0. The Balaban J connectivity index is 1.37.